The number of pyridine rings is 1. The second kappa shape index (κ2) is 5.68. The van der Waals surface area contributed by atoms with Crippen molar-refractivity contribution in [3.8, 4) is 5.75 Å². The maximum absolute atomic E-state index is 5.15. The summed E-state index contributed by atoms with van der Waals surface area (Å²) in [6.45, 7) is 0.936. The maximum Gasteiger partial charge on any atom is 0.137 e. The van der Waals surface area contributed by atoms with Crippen LogP contribution in [0.25, 0.3) is 0 Å². The van der Waals surface area contributed by atoms with E-state index in [0.29, 0.717) is 0 Å². The molecule has 1 rings (SSSR count). The number of ether oxygens (including phenoxy) is 1. The summed E-state index contributed by atoms with van der Waals surface area (Å²) in [5, 5.41) is 3.26. The average molecular weight is 209 g/mol. The fraction of sp³-hybridized carbons (Fsp3) is 0.545. The molecule has 1 atom stereocenters. The summed E-state index contributed by atoms with van der Waals surface area (Å²) in [6, 6.07) is 2.29. The summed E-state index contributed by atoms with van der Waals surface area (Å²) < 4.78 is 5.15. The number of rotatable bonds is 5. The molecule has 0 amide bonds. The summed E-state index contributed by atoms with van der Waals surface area (Å²) in [6.07, 6.45) is 3.58. The van der Waals surface area contributed by atoms with E-state index in [4.69, 9.17) is 4.74 Å². The molecule has 1 aromatic rings. The van der Waals surface area contributed by atoms with Crippen molar-refractivity contribution in [2.24, 2.45) is 0 Å². The molecule has 0 saturated heterocycles. The molecule has 0 aliphatic heterocycles. The standard InChI is InChI=1S/C11H19N3O/c1-12-11(8-14(2)3)9-5-10(15-4)7-13-6-9/h5-7,11-12H,8H2,1-4H3. The lowest BCUT2D eigenvalue weighted by molar-refractivity contribution is 0.350. The molecule has 0 fully saturated rings. The Labute approximate surface area is 91.3 Å². The normalized spacial score (nSPS) is 12.9. The van der Waals surface area contributed by atoms with Crippen molar-refractivity contribution in [2.45, 2.75) is 6.04 Å². The molecule has 0 radical (unpaired) electrons. The first kappa shape index (κ1) is 11.9. The first-order valence-electron chi connectivity index (χ1n) is 4.98. The van der Waals surface area contributed by atoms with E-state index >= 15 is 0 Å². The number of likely N-dealkylation sites (N-methyl/N-ethyl adjacent to an activating group) is 2. The summed E-state index contributed by atoms with van der Waals surface area (Å²) >= 11 is 0. The van der Waals surface area contributed by atoms with Crippen LogP contribution in [0.3, 0.4) is 0 Å². The number of hydrogen-bond donors (Lipinski definition) is 1. The molecule has 15 heavy (non-hydrogen) atoms. The van der Waals surface area contributed by atoms with Gasteiger partial charge in [0.25, 0.3) is 0 Å². The molecule has 4 heteroatoms. The van der Waals surface area contributed by atoms with Gasteiger partial charge < -0.3 is 15.0 Å². The van der Waals surface area contributed by atoms with Crippen LogP contribution in [0.15, 0.2) is 18.5 Å². The van der Waals surface area contributed by atoms with E-state index in [9.17, 15) is 0 Å². The van der Waals surface area contributed by atoms with E-state index in [0.717, 1.165) is 17.9 Å². The van der Waals surface area contributed by atoms with Crippen molar-refractivity contribution < 1.29 is 4.74 Å². The summed E-state index contributed by atoms with van der Waals surface area (Å²) in [5.74, 6) is 0.798. The lowest BCUT2D eigenvalue weighted by Crippen LogP contribution is -2.28. The van der Waals surface area contributed by atoms with Crippen molar-refractivity contribution in [1.29, 1.82) is 0 Å². The van der Waals surface area contributed by atoms with Crippen LogP contribution in [-0.2, 0) is 0 Å². The van der Waals surface area contributed by atoms with Crippen LogP contribution >= 0.6 is 0 Å². The van der Waals surface area contributed by atoms with E-state index in [2.05, 4.69) is 29.3 Å². The molecule has 0 aliphatic carbocycles. The quantitative estimate of drug-likeness (QED) is 0.782. The van der Waals surface area contributed by atoms with Gasteiger partial charge in [0.2, 0.25) is 0 Å². The first-order chi connectivity index (χ1) is 7.17. The molecule has 0 aromatic carbocycles. The van der Waals surface area contributed by atoms with E-state index in [1.165, 1.54) is 0 Å². The van der Waals surface area contributed by atoms with Crippen LogP contribution in [0.5, 0.6) is 5.75 Å². The highest BCUT2D eigenvalue weighted by Crippen LogP contribution is 2.17. The van der Waals surface area contributed by atoms with Crippen molar-refractivity contribution in [2.75, 3.05) is 34.8 Å². The molecule has 0 aliphatic rings. The molecule has 0 bridgehead atoms. The van der Waals surface area contributed by atoms with Gasteiger partial charge in [-0.25, -0.2) is 0 Å². The van der Waals surface area contributed by atoms with Gasteiger partial charge in [-0.05, 0) is 32.8 Å². The zero-order chi connectivity index (χ0) is 11.3. The van der Waals surface area contributed by atoms with Crippen LogP contribution < -0.4 is 10.1 Å². The zero-order valence-corrected chi connectivity index (χ0v) is 9.82. The smallest absolute Gasteiger partial charge is 0.137 e. The molecule has 1 heterocycles. The van der Waals surface area contributed by atoms with Gasteiger partial charge in [0.05, 0.1) is 13.3 Å². The summed E-state index contributed by atoms with van der Waals surface area (Å²) in [4.78, 5) is 6.29. The predicted octanol–water partition coefficient (Wildman–Crippen LogP) is 0.912. The SMILES string of the molecule is CNC(CN(C)C)c1cncc(OC)c1. The minimum atomic E-state index is 0.280. The third-order valence-corrected chi connectivity index (χ3v) is 2.27. The molecule has 0 spiro atoms. The van der Waals surface area contributed by atoms with Crippen molar-refractivity contribution in [1.82, 2.24) is 15.2 Å². The number of aromatic nitrogens is 1. The molecule has 0 saturated carbocycles. The molecular formula is C11H19N3O. The Hall–Kier alpha value is -1.13. The van der Waals surface area contributed by atoms with E-state index in [-0.39, 0.29) is 6.04 Å². The highest BCUT2D eigenvalue weighted by Gasteiger charge is 2.11. The van der Waals surface area contributed by atoms with Gasteiger partial charge in [-0.1, -0.05) is 0 Å². The highest BCUT2D eigenvalue weighted by atomic mass is 16.5. The predicted molar refractivity (Wildman–Crippen MR) is 61.1 cm³/mol. The fourth-order valence-corrected chi connectivity index (χ4v) is 1.47. The number of hydrogen-bond acceptors (Lipinski definition) is 4. The number of nitrogens with one attached hydrogen (secondary N) is 1. The Morgan fingerprint density at radius 2 is 2.20 bits per heavy atom. The van der Waals surface area contributed by atoms with Gasteiger partial charge in [-0.15, -0.1) is 0 Å². The van der Waals surface area contributed by atoms with E-state index in [1.54, 1.807) is 13.3 Å². The van der Waals surface area contributed by atoms with Crippen LogP contribution in [0.4, 0.5) is 0 Å². The minimum absolute atomic E-state index is 0.280. The van der Waals surface area contributed by atoms with Gasteiger partial charge in [-0.3, -0.25) is 4.98 Å². The van der Waals surface area contributed by atoms with Gasteiger partial charge in [0, 0.05) is 18.8 Å². The molecular weight excluding hydrogens is 190 g/mol. The number of nitrogens with zero attached hydrogens (tertiary/aromatic N) is 2. The Morgan fingerprint density at radius 3 is 2.73 bits per heavy atom. The molecule has 4 nitrogen and oxygen atoms in total. The van der Waals surface area contributed by atoms with Gasteiger partial charge in [0.1, 0.15) is 5.75 Å². The highest BCUT2D eigenvalue weighted by molar-refractivity contribution is 5.26. The monoisotopic (exact) mass is 209 g/mol. The second-order valence-electron chi connectivity index (χ2n) is 3.76. The van der Waals surface area contributed by atoms with Crippen LogP contribution in [0, 0.1) is 0 Å². The lowest BCUT2D eigenvalue weighted by atomic mass is 10.1. The first-order valence-corrected chi connectivity index (χ1v) is 4.98. The Bertz CT molecular complexity index is 302. The molecule has 1 N–H and O–H groups in total. The average Bonchev–Trinajstić information content (AvgIpc) is 2.25. The van der Waals surface area contributed by atoms with Gasteiger partial charge in [0.15, 0.2) is 0 Å². The van der Waals surface area contributed by atoms with Crippen molar-refractivity contribution >= 4 is 0 Å². The topological polar surface area (TPSA) is 37.4 Å². The third-order valence-electron chi connectivity index (χ3n) is 2.27. The van der Waals surface area contributed by atoms with E-state index in [1.807, 2.05) is 19.3 Å². The Morgan fingerprint density at radius 1 is 1.47 bits per heavy atom. The largest absolute Gasteiger partial charge is 0.495 e. The van der Waals surface area contributed by atoms with E-state index < -0.39 is 0 Å². The minimum Gasteiger partial charge on any atom is -0.495 e. The van der Waals surface area contributed by atoms with Gasteiger partial charge in [-0.2, -0.15) is 0 Å². The fourth-order valence-electron chi connectivity index (χ4n) is 1.47. The maximum atomic E-state index is 5.15. The Kier molecular flexibility index (Phi) is 4.52. The number of methoxy groups -OCH3 is 1. The van der Waals surface area contributed by atoms with Crippen LogP contribution in [0.1, 0.15) is 11.6 Å². The van der Waals surface area contributed by atoms with Crippen LogP contribution in [0.2, 0.25) is 0 Å². The summed E-state index contributed by atoms with van der Waals surface area (Å²) in [7, 11) is 7.71. The molecule has 1 aromatic heterocycles. The molecule has 1 unspecified atom stereocenters. The van der Waals surface area contributed by atoms with Crippen molar-refractivity contribution in [3.63, 3.8) is 0 Å². The summed E-state index contributed by atoms with van der Waals surface area (Å²) in [5.41, 5.74) is 1.14. The third kappa shape index (κ3) is 3.49. The lowest BCUT2D eigenvalue weighted by Gasteiger charge is -2.20. The van der Waals surface area contributed by atoms with Crippen LogP contribution in [-0.4, -0.2) is 44.7 Å². The zero-order valence-electron chi connectivity index (χ0n) is 9.82. The Balaban J connectivity index is 2.81. The second-order valence-corrected chi connectivity index (χ2v) is 3.76. The van der Waals surface area contributed by atoms with Gasteiger partial charge >= 0.3 is 0 Å². The van der Waals surface area contributed by atoms with Crippen molar-refractivity contribution in [3.05, 3.63) is 24.0 Å². The molecule has 84 valence electrons.